The van der Waals surface area contributed by atoms with Gasteiger partial charge in [-0.1, -0.05) is 13.5 Å². The summed E-state index contributed by atoms with van der Waals surface area (Å²) in [5.74, 6) is 0. The van der Waals surface area contributed by atoms with Gasteiger partial charge in [0.2, 0.25) is 0 Å². The molecule has 7 heteroatoms. The summed E-state index contributed by atoms with van der Waals surface area (Å²) in [6.07, 6.45) is 1.14. The van der Waals surface area contributed by atoms with Crippen molar-refractivity contribution in [3.63, 3.8) is 0 Å². The lowest BCUT2D eigenvalue weighted by Gasteiger charge is -2.15. The van der Waals surface area contributed by atoms with E-state index < -0.39 is 28.0 Å². The maximum atomic E-state index is 11.9. The van der Waals surface area contributed by atoms with Crippen molar-refractivity contribution in [2.75, 3.05) is 6.61 Å². The van der Waals surface area contributed by atoms with Crippen LogP contribution in [0.1, 0.15) is 17.9 Å². The smallest absolute Gasteiger partial charge is 0.329 e. The SMILES string of the molecule is C=C1[C@H](n2cc(CC)c(=O)[nH]c2=O)S[C@H](CO)[C@H]1O. The summed E-state index contributed by atoms with van der Waals surface area (Å²) in [6.45, 7) is 5.40. The number of hydrogen-bond donors (Lipinski definition) is 3. The van der Waals surface area contributed by atoms with Gasteiger partial charge in [0.15, 0.2) is 0 Å². The summed E-state index contributed by atoms with van der Waals surface area (Å²) >= 11 is 1.26. The lowest BCUT2D eigenvalue weighted by Crippen LogP contribution is -2.33. The Labute approximate surface area is 113 Å². The molecule has 0 aliphatic carbocycles. The highest BCUT2D eigenvalue weighted by atomic mass is 32.2. The number of aromatic nitrogens is 2. The second-order valence-electron chi connectivity index (χ2n) is 4.40. The van der Waals surface area contributed by atoms with Crippen molar-refractivity contribution in [2.24, 2.45) is 0 Å². The molecule has 19 heavy (non-hydrogen) atoms. The van der Waals surface area contributed by atoms with Crippen molar-refractivity contribution in [3.8, 4) is 0 Å². The van der Waals surface area contributed by atoms with Crippen molar-refractivity contribution in [1.82, 2.24) is 9.55 Å². The first kappa shape index (κ1) is 14.1. The monoisotopic (exact) mass is 284 g/mol. The minimum Gasteiger partial charge on any atom is -0.395 e. The number of aromatic amines is 1. The van der Waals surface area contributed by atoms with Crippen LogP contribution >= 0.6 is 11.8 Å². The molecule has 3 N–H and O–H groups in total. The van der Waals surface area contributed by atoms with E-state index in [0.29, 0.717) is 17.6 Å². The van der Waals surface area contributed by atoms with Gasteiger partial charge in [-0.05, 0) is 12.0 Å². The second kappa shape index (κ2) is 5.36. The zero-order chi connectivity index (χ0) is 14.2. The standard InChI is InChI=1S/C12H16N2O4S/c1-3-7-4-14(12(18)13-10(7)17)11-6(2)9(16)8(5-15)19-11/h4,8-9,11,15-16H,2-3,5H2,1H3,(H,13,17,18)/t8-,9+,11-/m1/s1. The van der Waals surface area contributed by atoms with Crippen LogP contribution in [0.4, 0.5) is 0 Å². The molecule has 1 saturated heterocycles. The van der Waals surface area contributed by atoms with Crippen LogP contribution in [0, 0.1) is 0 Å². The molecule has 1 aromatic heterocycles. The van der Waals surface area contributed by atoms with Gasteiger partial charge in [0, 0.05) is 11.8 Å². The second-order valence-corrected chi connectivity index (χ2v) is 5.73. The number of hydrogen-bond acceptors (Lipinski definition) is 5. The van der Waals surface area contributed by atoms with Crippen molar-refractivity contribution in [1.29, 1.82) is 0 Å². The molecule has 0 radical (unpaired) electrons. The van der Waals surface area contributed by atoms with Gasteiger partial charge in [-0.3, -0.25) is 14.3 Å². The van der Waals surface area contributed by atoms with Gasteiger partial charge in [-0.25, -0.2) is 4.79 Å². The molecule has 0 bridgehead atoms. The third-order valence-corrected chi connectivity index (χ3v) is 4.75. The summed E-state index contributed by atoms with van der Waals surface area (Å²) in [4.78, 5) is 25.6. The van der Waals surface area contributed by atoms with Crippen LogP contribution in [0.3, 0.4) is 0 Å². The topological polar surface area (TPSA) is 95.3 Å². The van der Waals surface area contributed by atoms with Gasteiger partial charge in [0.25, 0.3) is 5.56 Å². The number of nitrogens with one attached hydrogen (secondary N) is 1. The van der Waals surface area contributed by atoms with Crippen LogP contribution in [0.2, 0.25) is 0 Å². The van der Waals surface area contributed by atoms with E-state index in [1.807, 2.05) is 6.92 Å². The minimum atomic E-state index is -0.857. The first-order chi connectivity index (χ1) is 8.99. The molecule has 1 fully saturated rings. The molecule has 0 amide bonds. The molecule has 1 aliphatic heterocycles. The number of aryl methyl sites for hydroxylation is 1. The lowest BCUT2D eigenvalue weighted by molar-refractivity contribution is 0.172. The Hall–Kier alpha value is -1.31. The molecule has 0 unspecified atom stereocenters. The van der Waals surface area contributed by atoms with Crippen LogP contribution in [0.25, 0.3) is 0 Å². The van der Waals surface area contributed by atoms with Crippen molar-refractivity contribution in [2.45, 2.75) is 30.1 Å². The largest absolute Gasteiger partial charge is 0.395 e. The summed E-state index contributed by atoms with van der Waals surface area (Å²) in [6, 6.07) is 0. The normalized spacial score (nSPS) is 26.9. The molecule has 0 aromatic carbocycles. The Morgan fingerprint density at radius 3 is 2.74 bits per heavy atom. The van der Waals surface area contributed by atoms with E-state index in [9.17, 15) is 14.7 Å². The predicted octanol–water partition coefficient (Wildman–Crippen LogP) is -0.378. The average Bonchev–Trinajstić information content (AvgIpc) is 2.67. The summed E-state index contributed by atoms with van der Waals surface area (Å²) in [5.41, 5.74) is 0.0263. The van der Waals surface area contributed by atoms with E-state index in [-0.39, 0.29) is 6.61 Å². The number of thioether (sulfide) groups is 1. The number of H-pyrrole nitrogens is 1. The third kappa shape index (κ3) is 2.41. The van der Waals surface area contributed by atoms with Gasteiger partial charge < -0.3 is 10.2 Å². The zero-order valence-electron chi connectivity index (χ0n) is 10.5. The van der Waals surface area contributed by atoms with Crippen LogP contribution in [0.15, 0.2) is 27.9 Å². The van der Waals surface area contributed by atoms with E-state index in [1.54, 1.807) is 0 Å². The molecule has 2 rings (SSSR count). The van der Waals surface area contributed by atoms with E-state index >= 15 is 0 Å². The molecular weight excluding hydrogens is 268 g/mol. The lowest BCUT2D eigenvalue weighted by atomic mass is 10.1. The number of rotatable bonds is 3. The fourth-order valence-electron chi connectivity index (χ4n) is 2.05. The minimum absolute atomic E-state index is 0.194. The van der Waals surface area contributed by atoms with Gasteiger partial charge in [-0.2, -0.15) is 0 Å². The maximum Gasteiger partial charge on any atom is 0.329 e. The van der Waals surface area contributed by atoms with E-state index in [4.69, 9.17) is 5.11 Å². The van der Waals surface area contributed by atoms with Crippen molar-refractivity contribution < 1.29 is 10.2 Å². The predicted molar refractivity (Wildman–Crippen MR) is 73.3 cm³/mol. The molecule has 1 aliphatic rings. The van der Waals surface area contributed by atoms with E-state index in [0.717, 1.165) is 0 Å². The van der Waals surface area contributed by atoms with Crippen LogP contribution in [0.5, 0.6) is 0 Å². The molecule has 1 aromatic rings. The molecule has 0 saturated carbocycles. The fourth-order valence-corrected chi connectivity index (χ4v) is 3.40. The third-order valence-electron chi connectivity index (χ3n) is 3.21. The molecule has 104 valence electrons. The van der Waals surface area contributed by atoms with Gasteiger partial charge in [0.1, 0.15) is 5.37 Å². The summed E-state index contributed by atoms with van der Waals surface area (Å²) in [5, 5.41) is 18.2. The quantitative estimate of drug-likeness (QED) is 0.658. The highest BCUT2D eigenvalue weighted by Crippen LogP contribution is 2.43. The molecular formula is C12H16N2O4S. The molecule has 2 heterocycles. The Morgan fingerprint density at radius 2 is 2.21 bits per heavy atom. The average molecular weight is 284 g/mol. The van der Waals surface area contributed by atoms with Gasteiger partial charge >= 0.3 is 5.69 Å². The molecule has 6 nitrogen and oxygen atoms in total. The first-order valence-electron chi connectivity index (χ1n) is 5.97. The van der Waals surface area contributed by atoms with Crippen molar-refractivity contribution >= 4 is 11.8 Å². The highest BCUT2D eigenvalue weighted by molar-refractivity contribution is 8.00. The number of aliphatic hydroxyl groups is 2. The Bertz CT molecular complexity index is 606. The zero-order valence-corrected chi connectivity index (χ0v) is 11.3. The number of aliphatic hydroxyl groups excluding tert-OH is 2. The van der Waals surface area contributed by atoms with Crippen LogP contribution in [-0.2, 0) is 6.42 Å². The Morgan fingerprint density at radius 1 is 1.53 bits per heavy atom. The fraction of sp³-hybridized carbons (Fsp3) is 0.500. The first-order valence-corrected chi connectivity index (χ1v) is 6.91. The van der Waals surface area contributed by atoms with Crippen LogP contribution in [-0.4, -0.2) is 37.7 Å². The van der Waals surface area contributed by atoms with E-state index in [1.165, 1.54) is 22.5 Å². The van der Waals surface area contributed by atoms with Crippen molar-refractivity contribution in [3.05, 3.63) is 44.8 Å². The highest BCUT2D eigenvalue weighted by Gasteiger charge is 2.38. The number of nitrogens with zero attached hydrogens (tertiary/aromatic N) is 1. The summed E-state index contributed by atoms with van der Waals surface area (Å²) in [7, 11) is 0. The van der Waals surface area contributed by atoms with Gasteiger partial charge in [0.05, 0.1) is 18.0 Å². The Balaban J connectivity index is 2.46. The van der Waals surface area contributed by atoms with E-state index in [2.05, 4.69) is 11.6 Å². The molecule has 0 spiro atoms. The summed E-state index contributed by atoms with van der Waals surface area (Å²) < 4.78 is 1.35. The maximum absolute atomic E-state index is 11.9. The molecule has 3 atom stereocenters. The van der Waals surface area contributed by atoms with Gasteiger partial charge in [-0.15, -0.1) is 11.8 Å². The Kier molecular flexibility index (Phi) is 3.98. The van der Waals surface area contributed by atoms with Crippen LogP contribution < -0.4 is 11.2 Å².